The van der Waals surface area contributed by atoms with Crippen LogP contribution in [0.5, 0.6) is 5.75 Å². The van der Waals surface area contributed by atoms with Gasteiger partial charge in [0, 0.05) is 3.57 Å². The third-order valence-corrected chi connectivity index (χ3v) is 3.64. The zero-order valence-electron chi connectivity index (χ0n) is 10.8. The molecule has 0 unspecified atom stereocenters. The van der Waals surface area contributed by atoms with Crippen LogP contribution in [0.1, 0.15) is 16.8 Å². The Hall–Kier alpha value is -1.64. The Morgan fingerprint density at radius 1 is 1.30 bits per heavy atom. The van der Waals surface area contributed by atoms with E-state index in [1.807, 2.05) is 22.6 Å². The van der Waals surface area contributed by atoms with Crippen LogP contribution in [0.2, 0.25) is 0 Å². The van der Waals surface area contributed by atoms with Crippen molar-refractivity contribution in [2.24, 2.45) is 0 Å². The summed E-state index contributed by atoms with van der Waals surface area (Å²) < 4.78 is 15.4. The predicted molar refractivity (Wildman–Crippen MR) is 75.5 cm³/mol. The number of Topliss-reactive ketones (excluding diaryl/α,β-unsaturated/α-hetero) is 1. The predicted octanol–water partition coefficient (Wildman–Crippen LogP) is 1.34. The second-order valence-corrected chi connectivity index (χ2v) is 5.39. The number of ether oxygens (including phenoxy) is 3. The van der Waals surface area contributed by atoms with E-state index >= 15 is 0 Å². The SMILES string of the molecule is COC(=O)C[C@@]1(C(=O)OC)Oc2ccc(I)cc2C1=O. The maximum Gasteiger partial charge on any atom is 0.359 e. The number of methoxy groups -OCH3 is 2. The lowest BCUT2D eigenvalue weighted by molar-refractivity contribution is -0.160. The topological polar surface area (TPSA) is 78.9 Å². The largest absolute Gasteiger partial charge is 0.469 e. The van der Waals surface area contributed by atoms with E-state index < -0.39 is 29.7 Å². The smallest absolute Gasteiger partial charge is 0.359 e. The second-order valence-electron chi connectivity index (χ2n) is 4.14. The van der Waals surface area contributed by atoms with Crippen LogP contribution in [0.25, 0.3) is 0 Å². The van der Waals surface area contributed by atoms with E-state index in [9.17, 15) is 14.4 Å². The van der Waals surface area contributed by atoms with Gasteiger partial charge in [-0.15, -0.1) is 0 Å². The fourth-order valence-electron chi connectivity index (χ4n) is 1.98. The van der Waals surface area contributed by atoms with Crippen molar-refractivity contribution in [3.8, 4) is 5.75 Å². The molecule has 0 radical (unpaired) electrons. The van der Waals surface area contributed by atoms with E-state index in [-0.39, 0.29) is 11.3 Å². The van der Waals surface area contributed by atoms with Gasteiger partial charge in [0.1, 0.15) is 12.2 Å². The summed E-state index contributed by atoms with van der Waals surface area (Å²) in [5.74, 6) is -1.99. The third-order valence-electron chi connectivity index (χ3n) is 2.97. The lowest BCUT2D eigenvalue weighted by atomic mass is 9.92. The monoisotopic (exact) mass is 390 g/mol. The lowest BCUT2D eigenvalue weighted by Crippen LogP contribution is -2.50. The highest BCUT2D eigenvalue weighted by atomic mass is 127. The molecular weight excluding hydrogens is 379 g/mol. The summed E-state index contributed by atoms with van der Waals surface area (Å²) >= 11 is 2.04. The molecule has 0 saturated heterocycles. The fourth-order valence-corrected chi connectivity index (χ4v) is 2.47. The average molecular weight is 390 g/mol. The minimum atomic E-state index is -1.99. The molecule has 2 rings (SSSR count). The Kier molecular flexibility index (Phi) is 3.98. The second kappa shape index (κ2) is 5.39. The molecule has 1 heterocycles. The summed E-state index contributed by atoms with van der Waals surface area (Å²) in [7, 11) is 2.30. The van der Waals surface area contributed by atoms with Crippen molar-refractivity contribution < 1.29 is 28.6 Å². The first kappa shape index (κ1) is 14.8. The van der Waals surface area contributed by atoms with Crippen molar-refractivity contribution in [2.75, 3.05) is 14.2 Å². The Bertz CT molecular complexity index is 597. The van der Waals surface area contributed by atoms with Gasteiger partial charge in [-0.1, -0.05) is 0 Å². The van der Waals surface area contributed by atoms with Gasteiger partial charge in [-0.3, -0.25) is 9.59 Å². The number of hydrogen-bond donors (Lipinski definition) is 0. The first-order valence-electron chi connectivity index (χ1n) is 5.63. The average Bonchev–Trinajstić information content (AvgIpc) is 2.72. The van der Waals surface area contributed by atoms with Gasteiger partial charge in [0.2, 0.25) is 5.78 Å². The summed E-state index contributed by atoms with van der Waals surface area (Å²) in [4.78, 5) is 36.0. The highest BCUT2D eigenvalue weighted by Crippen LogP contribution is 2.38. The van der Waals surface area contributed by atoms with Crippen LogP contribution in [0.4, 0.5) is 0 Å². The molecule has 6 nitrogen and oxygen atoms in total. The first-order chi connectivity index (χ1) is 9.44. The van der Waals surface area contributed by atoms with Crippen LogP contribution in [0, 0.1) is 3.57 Å². The standard InChI is InChI=1S/C13H11IO6/c1-18-10(15)6-13(12(17)19-2)11(16)8-5-7(14)3-4-9(8)20-13/h3-5H,6H2,1-2H3/t13-/m1/s1. The van der Waals surface area contributed by atoms with E-state index in [1.165, 1.54) is 7.11 Å². The molecule has 0 aromatic heterocycles. The molecule has 0 amide bonds. The summed E-state index contributed by atoms with van der Waals surface area (Å²) in [6.07, 6.45) is -0.528. The third kappa shape index (κ3) is 2.26. The van der Waals surface area contributed by atoms with Gasteiger partial charge < -0.3 is 14.2 Å². The number of fused-ring (bicyclic) bond motifs is 1. The molecule has 1 aromatic rings. The van der Waals surface area contributed by atoms with Crippen molar-refractivity contribution in [1.82, 2.24) is 0 Å². The molecule has 0 spiro atoms. The number of ketones is 1. The zero-order valence-corrected chi connectivity index (χ0v) is 12.9. The van der Waals surface area contributed by atoms with Crippen molar-refractivity contribution in [2.45, 2.75) is 12.0 Å². The Labute approximate surface area is 128 Å². The Balaban J connectivity index is 2.48. The molecule has 0 N–H and O–H groups in total. The summed E-state index contributed by atoms with van der Waals surface area (Å²) in [6.45, 7) is 0. The molecule has 7 heteroatoms. The van der Waals surface area contributed by atoms with E-state index in [2.05, 4.69) is 9.47 Å². The van der Waals surface area contributed by atoms with Gasteiger partial charge in [0.15, 0.2) is 0 Å². The van der Waals surface area contributed by atoms with Crippen molar-refractivity contribution in [3.05, 3.63) is 27.3 Å². The maximum atomic E-state index is 12.5. The summed E-state index contributed by atoms with van der Waals surface area (Å²) in [6, 6.07) is 4.91. The van der Waals surface area contributed by atoms with E-state index in [4.69, 9.17) is 4.74 Å². The fraction of sp³-hybridized carbons (Fsp3) is 0.308. The molecule has 106 valence electrons. The van der Waals surface area contributed by atoms with Crippen LogP contribution < -0.4 is 4.74 Å². The van der Waals surface area contributed by atoms with Crippen LogP contribution in [-0.4, -0.2) is 37.5 Å². The molecule has 1 aliphatic heterocycles. The van der Waals surface area contributed by atoms with Crippen LogP contribution in [0.15, 0.2) is 18.2 Å². The molecular formula is C13H11IO6. The highest BCUT2D eigenvalue weighted by Gasteiger charge is 2.57. The number of halogens is 1. The molecule has 1 aliphatic rings. The lowest BCUT2D eigenvalue weighted by Gasteiger charge is -2.22. The van der Waals surface area contributed by atoms with Crippen LogP contribution in [0.3, 0.4) is 0 Å². The normalized spacial score (nSPS) is 20.1. The minimum Gasteiger partial charge on any atom is -0.469 e. The molecule has 1 aromatic carbocycles. The summed E-state index contributed by atoms with van der Waals surface area (Å²) in [5, 5.41) is 0. The molecule has 0 aliphatic carbocycles. The number of carbonyl (C=O) groups is 3. The van der Waals surface area contributed by atoms with Gasteiger partial charge >= 0.3 is 11.9 Å². The van der Waals surface area contributed by atoms with E-state index in [1.54, 1.807) is 18.2 Å². The molecule has 0 bridgehead atoms. The van der Waals surface area contributed by atoms with Crippen molar-refractivity contribution >= 4 is 40.3 Å². The highest BCUT2D eigenvalue weighted by molar-refractivity contribution is 14.1. The zero-order chi connectivity index (χ0) is 14.9. The molecule has 0 fully saturated rings. The molecule has 1 atom stereocenters. The Morgan fingerprint density at radius 2 is 2.00 bits per heavy atom. The van der Waals surface area contributed by atoms with Crippen LogP contribution >= 0.6 is 22.6 Å². The molecule has 0 saturated carbocycles. The van der Waals surface area contributed by atoms with Gasteiger partial charge in [0.05, 0.1) is 19.8 Å². The van der Waals surface area contributed by atoms with Crippen molar-refractivity contribution in [3.63, 3.8) is 0 Å². The molecule has 20 heavy (non-hydrogen) atoms. The van der Waals surface area contributed by atoms with Gasteiger partial charge in [-0.25, -0.2) is 4.79 Å². The Morgan fingerprint density at radius 3 is 2.60 bits per heavy atom. The maximum absolute atomic E-state index is 12.5. The quantitative estimate of drug-likeness (QED) is 0.441. The number of benzene rings is 1. The first-order valence-corrected chi connectivity index (χ1v) is 6.71. The number of carbonyl (C=O) groups excluding carboxylic acids is 3. The number of rotatable bonds is 3. The number of esters is 2. The minimum absolute atomic E-state index is 0.254. The van der Waals surface area contributed by atoms with Gasteiger partial charge in [-0.05, 0) is 40.8 Å². The van der Waals surface area contributed by atoms with Crippen molar-refractivity contribution in [1.29, 1.82) is 0 Å². The van der Waals surface area contributed by atoms with Gasteiger partial charge in [0.25, 0.3) is 5.60 Å². The van der Waals surface area contributed by atoms with Crippen LogP contribution in [-0.2, 0) is 19.1 Å². The van der Waals surface area contributed by atoms with E-state index in [0.29, 0.717) is 0 Å². The van der Waals surface area contributed by atoms with E-state index in [0.717, 1.165) is 10.7 Å². The number of hydrogen-bond acceptors (Lipinski definition) is 6. The summed E-state index contributed by atoms with van der Waals surface area (Å²) in [5.41, 5.74) is -1.74. The van der Waals surface area contributed by atoms with Gasteiger partial charge in [-0.2, -0.15) is 0 Å².